The summed E-state index contributed by atoms with van der Waals surface area (Å²) in [4.78, 5) is 14.5. The van der Waals surface area contributed by atoms with Crippen LogP contribution >= 0.6 is 11.3 Å². The van der Waals surface area contributed by atoms with E-state index in [1.165, 1.54) is 0 Å². The van der Waals surface area contributed by atoms with E-state index in [-0.39, 0.29) is 6.10 Å². The molecular weight excluding hydrogens is 198 g/mol. The molecule has 0 N–H and O–H groups in total. The second kappa shape index (κ2) is 3.75. The summed E-state index contributed by atoms with van der Waals surface area (Å²) in [5, 5.41) is 0.832. The standard InChI is InChI=1S/C10H9NO2S/c1-7(13-6-12)10-11-8-4-2-3-5-9(8)14-10/h2-7H,1H3. The van der Waals surface area contributed by atoms with Crippen molar-refractivity contribution in [3.63, 3.8) is 0 Å². The third-order valence-electron chi connectivity index (χ3n) is 1.92. The van der Waals surface area contributed by atoms with Crippen LogP contribution in [0.5, 0.6) is 0 Å². The number of carbonyl (C=O) groups excluding carboxylic acids is 1. The molecule has 1 unspecified atom stereocenters. The van der Waals surface area contributed by atoms with Crippen molar-refractivity contribution in [2.45, 2.75) is 13.0 Å². The maximum Gasteiger partial charge on any atom is 0.293 e. The Bertz CT molecular complexity index is 419. The summed E-state index contributed by atoms with van der Waals surface area (Å²) in [6.45, 7) is 2.27. The lowest BCUT2D eigenvalue weighted by Gasteiger charge is -2.03. The lowest BCUT2D eigenvalue weighted by Crippen LogP contribution is -1.96. The first-order valence-electron chi connectivity index (χ1n) is 4.26. The lowest BCUT2D eigenvalue weighted by atomic mass is 10.3. The number of ether oxygens (including phenoxy) is 1. The summed E-state index contributed by atoms with van der Waals surface area (Å²) in [6.07, 6.45) is -0.259. The van der Waals surface area contributed by atoms with Crippen LogP contribution in [0.25, 0.3) is 10.2 Å². The third kappa shape index (κ3) is 1.61. The van der Waals surface area contributed by atoms with Crippen LogP contribution in [0.4, 0.5) is 0 Å². The van der Waals surface area contributed by atoms with Crippen LogP contribution in [-0.2, 0) is 9.53 Å². The number of rotatable bonds is 3. The molecule has 14 heavy (non-hydrogen) atoms. The Kier molecular flexibility index (Phi) is 2.45. The van der Waals surface area contributed by atoms with Crippen molar-refractivity contribution in [3.05, 3.63) is 29.3 Å². The first-order chi connectivity index (χ1) is 6.81. The van der Waals surface area contributed by atoms with Crippen molar-refractivity contribution >= 4 is 28.0 Å². The van der Waals surface area contributed by atoms with Gasteiger partial charge in [-0.05, 0) is 19.1 Å². The fourth-order valence-corrected chi connectivity index (χ4v) is 2.16. The molecule has 0 aliphatic rings. The second-order valence-corrected chi connectivity index (χ2v) is 3.96. The van der Waals surface area contributed by atoms with E-state index in [0.29, 0.717) is 6.47 Å². The number of fused-ring (bicyclic) bond motifs is 1. The summed E-state index contributed by atoms with van der Waals surface area (Å²) >= 11 is 1.55. The highest BCUT2D eigenvalue weighted by Crippen LogP contribution is 2.27. The quantitative estimate of drug-likeness (QED) is 0.726. The predicted molar refractivity (Wildman–Crippen MR) is 55.2 cm³/mol. The number of benzene rings is 1. The molecule has 1 aromatic heterocycles. The maximum absolute atomic E-state index is 10.2. The monoisotopic (exact) mass is 207 g/mol. The molecule has 1 heterocycles. The van der Waals surface area contributed by atoms with Crippen molar-refractivity contribution in [2.75, 3.05) is 0 Å². The molecule has 0 aliphatic heterocycles. The van der Waals surface area contributed by atoms with Crippen LogP contribution in [0.15, 0.2) is 24.3 Å². The Balaban J connectivity index is 2.39. The highest BCUT2D eigenvalue weighted by Gasteiger charge is 2.11. The highest BCUT2D eigenvalue weighted by atomic mass is 32.1. The zero-order chi connectivity index (χ0) is 9.97. The molecule has 2 aromatic rings. The van der Waals surface area contributed by atoms with Gasteiger partial charge < -0.3 is 4.74 Å². The molecular formula is C10H9NO2S. The SMILES string of the molecule is CC(OC=O)c1nc2ccccc2s1. The number of thiazole rings is 1. The molecule has 1 atom stereocenters. The summed E-state index contributed by atoms with van der Waals surface area (Å²) in [7, 11) is 0. The van der Waals surface area contributed by atoms with Gasteiger partial charge in [-0.25, -0.2) is 4.98 Å². The molecule has 3 nitrogen and oxygen atoms in total. The van der Waals surface area contributed by atoms with Crippen LogP contribution in [0.2, 0.25) is 0 Å². The van der Waals surface area contributed by atoms with Gasteiger partial charge in [0.25, 0.3) is 6.47 Å². The normalized spacial score (nSPS) is 12.6. The summed E-state index contributed by atoms with van der Waals surface area (Å²) in [6, 6.07) is 7.86. The van der Waals surface area contributed by atoms with Crippen LogP contribution < -0.4 is 0 Å². The zero-order valence-electron chi connectivity index (χ0n) is 7.64. The van der Waals surface area contributed by atoms with E-state index in [1.807, 2.05) is 31.2 Å². The fourth-order valence-electron chi connectivity index (χ4n) is 1.21. The molecule has 0 aliphatic carbocycles. The number of carbonyl (C=O) groups is 1. The molecule has 4 heteroatoms. The number of hydrogen-bond acceptors (Lipinski definition) is 4. The smallest absolute Gasteiger partial charge is 0.293 e. The highest BCUT2D eigenvalue weighted by molar-refractivity contribution is 7.18. The van der Waals surface area contributed by atoms with Gasteiger partial charge in [0.05, 0.1) is 10.2 Å². The van der Waals surface area contributed by atoms with E-state index >= 15 is 0 Å². The zero-order valence-corrected chi connectivity index (χ0v) is 8.45. The van der Waals surface area contributed by atoms with Gasteiger partial charge in [-0.15, -0.1) is 11.3 Å². The summed E-state index contributed by atoms with van der Waals surface area (Å²) in [5.74, 6) is 0. The minimum atomic E-state index is -0.259. The molecule has 0 radical (unpaired) electrons. The minimum absolute atomic E-state index is 0.259. The minimum Gasteiger partial charge on any atom is -0.457 e. The first kappa shape index (κ1) is 9.15. The lowest BCUT2D eigenvalue weighted by molar-refractivity contribution is -0.133. The molecule has 72 valence electrons. The van der Waals surface area contributed by atoms with Gasteiger partial charge in [0.15, 0.2) is 6.10 Å². The van der Waals surface area contributed by atoms with E-state index in [4.69, 9.17) is 4.74 Å². The van der Waals surface area contributed by atoms with Crippen LogP contribution in [0.3, 0.4) is 0 Å². The van der Waals surface area contributed by atoms with E-state index in [2.05, 4.69) is 4.98 Å². The molecule has 0 fully saturated rings. The average molecular weight is 207 g/mol. The largest absolute Gasteiger partial charge is 0.457 e. The molecule has 0 saturated heterocycles. The average Bonchev–Trinajstić information content (AvgIpc) is 2.61. The number of para-hydroxylation sites is 1. The number of hydrogen-bond donors (Lipinski definition) is 0. The Morgan fingerprint density at radius 3 is 3.00 bits per heavy atom. The van der Waals surface area contributed by atoms with E-state index in [1.54, 1.807) is 11.3 Å². The topological polar surface area (TPSA) is 39.2 Å². The first-order valence-corrected chi connectivity index (χ1v) is 5.07. The van der Waals surface area contributed by atoms with Crippen molar-refractivity contribution in [3.8, 4) is 0 Å². The van der Waals surface area contributed by atoms with Crippen LogP contribution in [0, 0.1) is 0 Å². The van der Waals surface area contributed by atoms with Crippen LogP contribution in [-0.4, -0.2) is 11.5 Å². The van der Waals surface area contributed by atoms with Gasteiger partial charge in [0, 0.05) is 0 Å². The molecule has 1 aromatic carbocycles. The Morgan fingerprint density at radius 2 is 2.29 bits per heavy atom. The number of aromatic nitrogens is 1. The van der Waals surface area contributed by atoms with E-state index < -0.39 is 0 Å². The van der Waals surface area contributed by atoms with Crippen molar-refractivity contribution < 1.29 is 9.53 Å². The summed E-state index contributed by atoms with van der Waals surface area (Å²) < 4.78 is 5.94. The Hall–Kier alpha value is -1.42. The van der Waals surface area contributed by atoms with Gasteiger partial charge in [-0.1, -0.05) is 12.1 Å². The van der Waals surface area contributed by atoms with Gasteiger partial charge in [-0.3, -0.25) is 4.79 Å². The maximum atomic E-state index is 10.2. The summed E-state index contributed by atoms with van der Waals surface area (Å²) in [5.41, 5.74) is 0.953. The van der Waals surface area contributed by atoms with E-state index in [9.17, 15) is 4.79 Å². The van der Waals surface area contributed by atoms with Crippen LogP contribution in [0.1, 0.15) is 18.0 Å². The molecule has 2 rings (SSSR count). The van der Waals surface area contributed by atoms with Gasteiger partial charge >= 0.3 is 0 Å². The Labute approximate surface area is 85.3 Å². The molecule has 0 spiro atoms. The predicted octanol–water partition coefficient (Wildman–Crippen LogP) is 2.53. The fraction of sp³-hybridized carbons (Fsp3) is 0.200. The number of nitrogens with zero attached hydrogens (tertiary/aromatic N) is 1. The van der Waals surface area contributed by atoms with Crippen molar-refractivity contribution in [2.24, 2.45) is 0 Å². The van der Waals surface area contributed by atoms with Gasteiger partial charge in [0.2, 0.25) is 0 Å². The van der Waals surface area contributed by atoms with Crippen molar-refractivity contribution in [1.29, 1.82) is 0 Å². The van der Waals surface area contributed by atoms with Gasteiger partial charge in [0.1, 0.15) is 5.01 Å². The second-order valence-electron chi connectivity index (χ2n) is 2.89. The Morgan fingerprint density at radius 1 is 1.50 bits per heavy atom. The molecule has 0 saturated carbocycles. The van der Waals surface area contributed by atoms with Crippen molar-refractivity contribution in [1.82, 2.24) is 4.98 Å². The third-order valence-corrected chi connectivity index (χ3v) is 3.12. The van der Waals surface area contributed by atoms with Gasteiger partial charge in [-0.2, -0.15) is 0 Å². The van der Waals surface area contributed by atoms with E-state index in [0.717, 1.165) is 15.2 Å². The molecule has 0 amide bonds. The molecule has 0 bridgehead atoms.